The van der Waals surface area contributed by atoms with Gasteiger partial charge in [-0.2, -0.15) is 0 Å². The number of hydrogen-bond acceptors (Lipinski definition) is 1. The first-order chi connectivity index (χ1) is 9.00. The summed E-state index contributed by atoms with van der Waals surface area (Å²) in [5.74, 6) is 0. The third-order valence-corrected chi connectivity index (χ3v) is 4.72. The van der Waals surface area contributed by atoms with Gasteiger partial charge in [0.05, 0.1) is 0 Å². The zero-order valence-electron chi connectivity index (χ0n) is 11.9. The van der Waals surface area contributed by atoms with Gasteiger partial charge in [-0.1, -0.05) is 36.4 Å². The molecule has 98 valence electrons. The maximum Gasteiger partial charge on any atom is 0.186 e. The molecule has 0 aliphatic rings. The Morgan fingerprint density at radius 2 is 1.42 bits per heavy atom. The Labute approximate surface area is 116 Å². The van der Waals surface area contributed by atoms with Crippen LogP contribution < -0.4 is 5.30 Å². The minimum atomic E-state index is 0.202. The van der Waals surface area contributed by atoms with Crippen LogP contribution in [0, 0.1) is 27.7 Å². The fraction of sp³-hybridized carbons (Fsp3) is 0.235. The topological polar surface area (TPSA) is 17.1 Å². The van der Waals surface area contributed by atoms with Gasteiger partial charge in [-0.05, 0) is 63.8 Å². The summed E-state index contributed by atoms with van der Waals surface area (Å²) in [5.41, 5.74) is 5.80. The van der Waals surface area contributed by atoms with Gasteiger partial charge in [0.2, 0.25) is 0 Å². The third kappa shape index (κ3) is 2.93. The number of hydrogen-bond donors (Lipinski definition) is 0. The number of aryl methyl sites for hydroxylation is 2. The SMILES string of the molecule is Cc1cc(C)c(C)c(C(=O)Pc2ccccc2)c1C. The summed E-state index contributed by atoms with van der Waals surface area (Å²) in [6, 6.07) is 12.1. The van der Waals surface area contributed by atoms with Gasteiger partial charge >= 0.3 is 0 Å². The molecule has 2 aromatic rings. The van der Waals surface area contributed by atoms with Crippen molar-refractivity contribution in [3.05, 3.63) is 64.2 Å². The lowest BCUT2D eigenvalue weighted by Gasteiger charge is -2.14. The maximum absolute atomic E-state index is 12.6. The molecule has 1 atom stereocenters. The highest BCUT2D eigenvalue weighted by Crippen LogP contribution is 2.28. The summed E-state index contributed by atoms with van der Waals surface area (Å²) < 4.78 is 0. The highest BCUT2D eigenvalue weighted by atomic mass is 31.1. The molecule has 0 aliphatic carbocycles. The van der Waals surface area contributed by atoms with Crippen LogP contribution in [0.15, 0.2) is 36.4 Å². The summed E-state index contributed by atoms with van der Waals surface area (Å²) >= 11 is 0. The summed E-state index contributed by atoms with van der Waals surface area (Å²) in [6.07, 6.45) is 0. The molecular formula is C17H19OP. The van der Waals surface area contributed by atoms with E-state index in [0.29, 0.717) is 0 Å². The highest BCUT2D eigenvalue weighted by molar-refractivity contribution is 7.66. The highest BCUT2D eigenvalue weighted by Gasteiger charge is 2.15. The Morgan fingerprint density at radius 3 is 1.95 bits per heavy atom. The molecule has 0 aliphatic heterocycles. The van der Waals surface area contributed by atoms with Gasteiger partial charge in [0.15, 0.2) is 5.52 Å². The van der Waals surface area contributed by atoms with E-state index in [0.717, 1.165) is 22.0 Å². The monoisotopic (exact) mass is 270 g/mol. The Kier molecular flexibility index (Phi) is 4.17. The van der Waals surface area contributed by atoms with Crippen LogP contribution in [0.3, 0.4) is 0 Å². The lowest BCUT2D eigenvalue weighted by atomic mass is 9.95. The van der Waals surface area contributed by atoms with Gasteiger partial charge in [0, 0.05) is 5.56 Å². The largest absolute Gasteiger partial charge is 0.289 e. The zero-order chi connectivity index (χ0) is 14.0. The fourth-order valence-corrected chi connectivity index (χ4v) is 3.39. The van der Waals surface area contributed by atoms with Crippen molar-refractivity contribution in [1.82, 2.24) is 0 Å². The van der Waals surface area contributed by atoms with Crippen LogP contribution in [0.1, 0.15) is 32.6 Å². The van der Waals surface area contributed by atoms with Crippen LogP contribution in [-0.2, 0) is 0 Å². The van der Waals surface area contributed by atoms with Crippen molar-refractivity contribution < 1.29 is 4.79 Å². The molecule has 0 spiro atoms. The van der Waals surface area contributed by atoms with E-state index in [4.69, 9.17) is 0 Å². The third-order valence-electron chi connectivity index (χ3n) is 3.62. The van der Waals surface area contributed by atoms with Gasteiger partial charge in [0.1, 0.15) is 0 Å². The molecule has 2 aromatic carbocycles. The van der Waals surface area contributed by atoms with E-state index in [1.165, 1.54) is 11.1 Å². The molecule has 0 saturated carbocycles. The summed E-state index contributed by atoms with van der Waals surface area (Å²) in [6.45, 7) is 8.24. The van der Waals surface area contributed by atoms with Gasteiger partial charge in [-0.25, -0.2) is 0 Å². The second kappa shape index (κ2) is 5.67. The number of benzene rings is 2. The van der Waals surface area contributed by atoms with Crippen molar-refractivity contribution in [1.29, 1.82) is 0 Å². The van der Waals surface area contributed by atoms with Crippen molar-refractivity contribution in [3.8, 4) is 0 Å². The van der Waals surface area contributed by atoms with E-state index in [2.05, 4.69) is 19.9 Å². The smallest absolute Gasteiger partial charge is 0.186 e. The average molecular weight is 270 g/mol. The molecular weight excluding hydrogens is 251 g/mol. The van der Waals surface area contributed by atoms with Gasteiger partial charge in [-0.3, -0.25) is 4.79 Å². The fourth-order valence-electron chi connectivity index (χ4n) is 2.27. The van der Waals surface area contributed by atoms with E-state index < -0.39 is 0 Å². The summed E-state index contributed by atoms with van der Waals surface area (Å²) in [7, 11) is 0.202. The van der Waals surface area contributed by atoms with Gasteiger partial charge in [-0.15, -0.1) is 0 Å². The van der Waals surface area contributed by atoms with Crippen LogP contribution >= 0.6 is 8.58 Å². The first-order valence-corrected chi connectivity index (χ1v) is 7.44. The minimum Gasteiger partial charge on any atom is -0.289 e. The molecule has 2 heteroatoms. The maximum atomic E-state index is 12.6. The second-order valence-corrected chi connectivity index (χ2v) is 6.24. The molecule has 2 rings (SSSR count). The second-order valence-electron chi connectivity index (χ2n) is 4.96. The number of rotatable bonds is 3. The molecule has 0 bridgehead atoms. The van der Waals surface area contributed by atoms with Crippen LogP contribution in [0.2, 0.25) is 0 Å². The van der Waals surface area contributed by atoms with E-state index in [-0.39, 0.29) is 14.1 Å². The Hall–Kier alpha value is -1.46. The summed E-state index contributed by atoms with van der Waals surface area (Å²) in [5, 5.41) is 1.10. The normalized spacial score (nSPS) is 11.2. The van der Waals surface area contributed by atoms with Gasteiger partial charge in [0.25, 0.3) is 0 Å². The average Bonchev–Trinajstić information content (AvgIpc) is 2.38. The Bertz CT molecular complexity index is 589. The van der Waals surface area contributed by atoms with Crippen LogP contribution in [0.25, 0.3) is 0 Å². The van der Waals surface area contributed by atoms with E-state index >= 15 is 0 Å². The predicted molar refractivity (Wildman–Crippen MR) is 84.1 cm³/mol. The quantitative estimate of drug-likeness (QED) is 0.768. The lowest BCUT2D eigenvalue weighted by Crippen LogP contribution is -2.07. The van der Waals surface area contributed by atoms with Crippen molar-refractivity contribution >= 4 is 19.4 Å². The first kappa shape index (κ1) is 14.0. The van der Waals surface area contributed by atoms with Crippen molar-refractivity contribution in [3.63, 3.8) is 0 Å². The van der Waals surface area contributed by atoms with E-state index in [9.17, 15) is 4.79 Å². The van der Waals surface area contributed by atoms with Gasteiger partial charge < -0.3 is 0 Å². The number of carbonyl (C=O) groups is 1. The van der Waals surface area contributed by atoms with Crippen molar-refractivity contribution in [2.75, 3.05) is 0 Å². The molecule has 1 unspecified atom stereocenters. The Balaban J connectivity index is 2.40. The minimum absolute atomic E-state index is 0.202. The molecule has 0 saturated heterocycles. The van der Waals surface area contributed by atoms with Crippen LogP contribution in [0.5, 0.6) is 0 Å². The number of carbonyl (C=O) groups excluding carboxylic acids is 1. The molecule has 0 amide bonds. The summed E-state index contributed by atoms with van der Waals surface area (Å²) in [4.78, 5) is 12.6. The first-order valence-electron chi connectivity index (χ1n) is 6.44. The molecule has 19 heavy (non-hydrogen) atoms. The van der Waals surface area contributed by atoms with E-state index in [1.54, 1.807) is 0 Å². The molecule has 0 radical (unpaired) electrons. The van der Waals surface area contributed by atoms with Crippen molar-refractivity contribution in [2.45, 2.75) is 27.7 Å². The standard InChI is InChI=1S/C17H19OP/c1-11-10-12(2)14(4)16(13(11)3)17(18)19-15-8-6-5-7-9-15/h5-10,19H,1-4H3. The van der Waals surface area contributed by atoms with Crippen LogP contribution in [-0.4, -0.2) is 5.52 Å². The Morgan fingerprint density at radius 1 is 0.895 bits per heavy atom. The zero-order valence-corrected chi connectivity index (χ0v) is 12.9. The molecule has 0 aromatic heterocycles. The lowest BCUT2D eigenvalue weighted by molar-refractivity contribution is 0.108. The molecule has 0 N–H and O–H groups in total. The van der Waals surface area contributed by atoms with Crippen molar-refractivity contribution in [2.24, 2.45) is 0 Å². The molecule has 1 nitrogen and oxygen atoms in total. The van der Waals surface area contributed by atoms with Crippen LogP contribution in [0.4, 0.5) is 0 Å². The molecule has 0 fully saturated rings. The molecule has 0 heterocycles. The van der Waals surface area contributed by atoms with E-state index in [1.807, 2.05) is 44.2 Å². The predicted octanol–water partition coefficient (Wildman–Crippen LogP) is 4.06.